The molecule has 4 nitrogen and oxygen atoms in total. The fourth-order valence-electron chi connectivity index (χ4n) is 1.49. The van der Waals surface area contributed by atoms with Crippen molar-refractivity contribution in [2.75, 3.05) is 26.8 Å². The maximum atomic E-state index is 6.00. The molecule has 0 spiro atoms. The van der Waals surface area contributed by atoms with Crippen molar-refractivity contribution in [1.29, 1.82) is 0 Å². The predicted molar refractivity (Wildman–Crippen MR) is 66.0 cm³/mol. The molecule has 16 heavy (non-hydrogen) atoms. The summed E-state index contributed by atoms with van der Waals surface area (Å²) in [7, 11) is 1.67. The molecule has 1 N–H and O–H groups in total. The minimum absolute atomic E-state index is 0.104. The zero-order valence-corrected chi connectivity index (χ0v) is 10.7. The van der Waals surface area contributed by atoms with E-state index < -0.39 is 0 Å². The number of alkyl halides is 1. The summed E-state index contributed by atoms with van der Waals surface area (Å²) >= 11 is 6.00. The quantitative estimate of drug-likeness (QED) is 0.556. The van der Waals surface area contributed by atoms with Gasteiger partial charge in [0.1, 0.15) is 5.82 Å². The van der Waals surface area contributed by atoms with Crippen LogP contribution in [0.4, 0.5) is 0 Å². The summed E-state index contributed by atoms with van der Waals surface area (Å²) in [5, 5.41) is 3.46. The van der Waals surface area contributed by atoms with Crippen LogP contribution in [0.1, 0.15) is 12.2 Å². The van der Waals surface area contributed by atoms with E-state index in [9.17, 15) is 0 Å². The summed E-state index contributed by atoms with van der Waals surface area (Å²) in [6, 6.07) is 0. The Kier molecular flexibility index (Phi) is 6.45. The summed E-state index contributed by atoms with van der Waals surface area (Å²) in [6.07, 6.45) is 4.74. The number of nitrogens with zero attached hydrogens (tertiary/aromatic N) is 2. The number of imidazole rings is 1. The summed E-state index contributed by atoms with van der Waals surface area (Å²) in [5.41, 5.74) is 0. The first-order chi connectivity index (χ1) is 7.74. The molecular weight excluding hydrogens is 226 g/mol. The molecule has 5 heteroatoms. The average Bonchev–Trinajstić information content (AvgIpc) is 2.64. The molecule has 0 radical (unpaired) electrons. The van der Waals surface area contributed by atoms with E-state index in [1.165, 1.54) is 0 Å². The predicted octanol–water partition coefficient (Wildman–Crippen LogP) is 1.43. The summed E-state index contributed by atoms with van der Waals surface area (Å²) < 4.78 is 7.09. The molecular formula is C11H20ClN3O. The molecule has 0 aliphatic carbocycles. The minimum Gasteiger partial charge on any atom is -0.383 e. The molecule has 1 aromatic rings. The number of methoxy groups -OCH3 is 1. The largest absolute Gasteiger partial charge is 0.383 e. The Labute approximate surface area is 102 Å². The second-order valence-corrected chi connectivity index (χ2v) is 4.38. The zero-order valence-electron chi connectivity index (χ0n) is 9.95. The molecule has 0 aliphatic rings. The number of hydrogen-bond acceptors (Lipinski definition) is 3. The van der Waals surface area contributed by atoms with E-state index >= 15 is 0 Å². The number of nitrogens with one attached hydrogen (secondary N) is 1. The Bertz CT molecular complexity index is 291. The lowest BCUT2D eigenvalue weighted by atomic mass is 10.3. The highest BCUT2D eigenvalue weighted by atomic mass is 35.5. The normalized spacial score (nSPS) is 12.9. The van der Waals surface area contributed by atoms with E-state index in [1.807, 2.05) is 19.3 Å². The van der Waals surface area contributed by atoms with Crippen LogP contribution in [0.15, 0.2) is 12.4 Å². The van der Waals surface area contributed by atoms with Crippen LogP contribution in [0.5, 0.6) is 0 Å². The zero-order chi connectivity index (χ0) is 11.8. The van der Waals surface area contributed by atoms with Gasteiger partial charge in [0.2, 0.25) is 0 Å². The molecule has 0 amide bonds. The standard InChI is InChI=1S/C11H20ClN3O/c1-10-14-6-8-15(10)7-5-13-4-3-11(12)9-16-2/h6,8,11,13H,3-5,7,9H2,1-2H3. The molecule has 1 unspecified atom stereocenters. The molecule has 0 bridgehead atoms. The van der Waals surface area contributed by atoms with E-state index in [0.717, 1.165) is 31.9 Å². The SMILES string of the molecule is COCC(Cl)CCNCCn1ccnc1C. The molecule has 1 rings (SSSR count). The van der Waals surface area contributed by atoms with Crippen LogP contribution in [0.25, 0.3) is 0 Å². The molecule has 1 atom stereocenters. The monoisotopic (exact) mass is 245 g/mol. The fraction of sp³-hybridized carbons (Fsp3) is 0.727. The van der Waals surface area contributed by atoms with Gasteiger partial charge < -0.3 is 14.6 Å². The molecule has 0 aliphatic heterocycles. The molecule has 0 fully saturated rings. The highest BCUT2D eigenvalue weighted by Crippen LogP contribution is 2.00. The molecule has 0 aromatic carbocycles. The molecule has 92 valence electrons. The topological polar surface area (TPSA) is 39.1 Å². The number of rotatable bonds is 8. The van der Waals surface area contributed by atoms with Crippen molar-refractivity contribution >= 4 is 11.6 Å². The van der Waals surface area contributed by atoms with Crippen molar-refractivity contribution in [3.63, 3.8) is 0 Å². The molecule has 1 aromatic heterocycles. The number of ether oxygens (including phenoxy) is 1. The molecule has 0 saturated heterocycles. The van der Waals surface area contributed by atoms with Crippen LogP contribution in [0.2, 0.25) is 0 Å². The van der Waals surface area contributed by atoms with Gasteiger partial charge in [-0.15, -0.1) is 11.6 Å². The third kappa shape index (κ3) is 4.96. The number of halogens is 1. The fourth-order valence-corrected chi connectivity index (χ4v) is 1.72. The van der Waals surface area contributed by atoms with E-state index in [0.29, 0.717) is 6.61 Å². The lowest BCUT2D eigenvalue weighted by Crippen LogP contribution is -2.24. The first kappa shape index (κ1) is 13.5. The first-order valence-corrected chi connectivity index (χ1v) is 5.99. The van der Waals surface area contributed by atoms with Crippen molar-refractivity contribution in [2.24, 2.45) is 0 Å². The van der Waals surface area contributed by atoms with Gasteiger partial charge in [0.25, 0.3) is 0 Å². The average molecular weight is 246 g/mol. The van der Waals surface area contributed by atoms with Crippen LogP contribution in [0.3, 0.4) is 0 Å². The Morgan fingerprint density at radius 2 is 2.38 bits per heavy atom. The van der Waals surface area contributed by atoms with Crippen LogP contribution in [-0.2, 0) is 11.3 Å². The van der Waals surface area contributed by atoms with E-state index in [2.05, 4.69) is 14.9 Å². The third-order valence-electron chi connectivity index (χ3n) is 2.43. The third-order valence-corrected chi connectivity index (χ3v) is 2.78. The van der Waals surface area contributed by atoms with Gasteiger partial charge in [-0.2, -0.15) is 0 Å². The second kappa shape index (κ2) is 7.65. The van der Waals surface area contributed by atoms with E-state index in [1.54, 1.807) is 7.11 Å². The molecule has 0 saturated carbocycles. The highest BCUT2D eigenvalue weighted by molar-refractivity contribution is 6.20. The molecule has 1 heterocycles. The highest BCUT2D eigenvalue weighted by Gasteiger charge is 2.02. The van der Waals surface area contributed by atoms with Gasteiger partial charge in [-0.1, -0.05) is 0 Å². The van der Waals surface area contributed by atoms with E-state index in [-0.39, 0.29) is 5.38 Å². The first-order valence-electron chi connectivity index (χ1n) is 5.55. The van der Waals surface area contributed by atoms with Crippen molar-refractivity contribution in [1.82, 2.24) is 14.9 Å². The van der Waals surface area contributed by atoms with Gasteiger partial charge >= 0.3 is 0 Å². The lowest BCUT2D eigenvalue weighted by molar-refractivity contribution is 0.195. The Morgan fingerprint density at radius 3 is 3.00 bits per heavy atom. The van der Waals surface area contributed by atoms with Crippen molar-refractivity contribution in [3.05, 3.63) is 18.2 Å². The maximum absolute atomic E-state index is 6.00. The van der Waals surface area contributed by atoms with E-state index in [4.69, 9.17) is 16.3 Å². The van der Waals surface area contributed by atoms with Crippen LogP contribution >= 0.6 is 11.6 Å². The van der Waals surface area contributed by atoms with Crippen molar-refractivity contribution in [3.8, 4) is 0 Å². The smallest absolute Gasteiger partial charge is 0.105 e. The number of aryl methyl sites for hydroxylation is 1. The van der Waals surface area contributed by atoms with Crippen LogP contribution in [-0.4, -0.2) is 41.7 Å². The van der Waals surface area contributed by atoms with Gasteiger partial charge in [-0.25, -0.2) is 4.98 Å². The van der Waals surface area contributed by atoms with Gasteiger partial charge in [0.15, 0.2) is 0 Å². The second-order valence-electron chi connectivity index (χ2n) is 3.76. The number of hydrogen-bond donors (Lipinski definition) is 1. The van der Waals surface area contributed by atoms with Crippen LogP contribution in [0, 0.1) is 6.92 Å². The van der Waals surface area contributed by atoms with Gasteiger partial charge in [-0.3, -0.25) is 0 Å². The summed E-state index contributed by atoms with van der Waals surface area (Å²) in [5.74, 6) is 1.05. The Balaban J connectivity index is 2.02. The van der Waals surface area contributed by atoms with Crippen LogP contribution < -0.4 is 5.32 Å². The Morgan fingerprint density at radius 1 is 1.56 bits per heavy atom. The Hall–Kier alpha value is -0.580. The van der Waals surface area contributed by atoms with Crippen molar-refractivity contribution < 1.29 is 4.74 Å². The van der Waals surface area contributed by atoms with Gasteiger partial charge in [-0.05, 0) is 19.9 Å². The summed E-state index contributed by atoms with van der Waals surface area (Å²) in [6.45, 7) is 5.43. The number of aromatic nitrogens is 2. The van der Waals surface area contributed by atoms with Gasteiger partial charge in [0, 0.05) is 32.6 Å². The van der Waals surface area contributed by atoms with Crippen molar-refractivity contribution in [2.45, 2.75) is 25.3 Å². The van der Waals surface area contributed by atoms with Gasteiger partial charge in [0.05, 0.1) is 12.0 Å². The summed E-state index contributed by atoms with van der Waals surface area (Å²) in [4.78, 5) is 4.17. The lowest BCUT2D eigenvalue weighted by Gasteiger charge is -2.10. The maximum Gasteiger partial charge on any atom is 0.105 e. The minimum atomic E-state index is 0.104.